The number of methoxy groups -OCH3 is 3. The summed E-state index contributed by atoms with van der Waals surface area (Å²) in [5, 5.41) is 10.1. The number of ether oxygens (including phenoxy) is 5. The molecule has 1 aromatic rings. The maximum atomic E-state index is 10.1. The van der Waals surface area contributed by atoms with Crippen LogP contribution in [0.1, 0.15) is 11.7 Å². The van der Waals surface area contributed by atoms with Crippen molar-refractivity contribution in [1.29, 1.82) is 0 Å². The van der Waals surface area contributed by atoms with Gasteiger partial charge in [0, 0.05) is 7.11 Å². The van der Waals surface area contributed by atoms with Gasteiger partial charge in [0.05, 0.1) is 20.8 Å². The predicted molar refractivity (Wildman–Crippen MR) is 66.7 cm³/mol. The Morgan fingerprint density at radius 2 is 1.84 bits per heavy atom. The predicted octanol–water partition coefficient (Wildman–Crippen LogP) is 1.12. The summed E-state index contributed by atoms with van der Waals surface area (Å²) in [4.78, 5) is 0. The van der Waals surface area contributed by atoms with Crippen molar-refractivity contribution in [1.82, 2.24) is 0 Å². The summed E-state index contributed by atoms with van der Waals surface area (Å²) in [5.41, 5.74) is 0.668. The Hall–Kier alpha value is -1.50. The van der Waals surface area contributed by atoms with Gasteiger partial charge in [0.15, 0.2) is 18.3 Å². The standard InChI is InChI=1S/C13H18O6/c1-15-7-19-13-9(16-2)4-8(5-10(13)17-3)12(14)11-6-18-11/h4-5,11-12,14H,6-7H2,1-3H3/t11-,12-/m1/s1. The molecule has 0 radical (unpaired) electrons. The number of hydrogen-bond acceptors (Lipinski definition) is 6. The van der Waals surface area contributed by atoms with Crippen LogP contribution in [-0.4, -0.2) is 45.9 Å². The zero-order valence-corrected chi connectivity index (χ0v) is 11.2. The summed E-state index contributed by atoms with van der Waals surface area (Å²) in [6, 6.07) is 3.42. The lowest BCUT2D eigenvalue weighted by atomic mass is 10.1. The fraction of sp³-hybridized carbons (Fsp3) is 0.538. The molecule has 6 heteroatoms. The van der Waals surface area contributed by atoms with Crippen LogP contribution in [0.2, 0.25) is 0 Å². The van der Waals surface area contributed by atoms with E-state index in [4.69, 9.17) is 23.7 Å². The normalized spacial score (nSPS) is 18.8. The first-order valence-corrected chi connectivity index (χ1v) is 5.88. The third-order valence-electron chi connectivity index (χ3n) is 2.86. The zero-order chi connectivity index (χ0) is 13.8. The van der Waals surface area contributed by atoms with Crippen LogP contribution in [0.4, 0.5) is 0 Å². The molecule has 1 N–H and O–H groups in total. The van der Waals surface area contributed by atoms with Gasteiger partial charge in [-0.2, -0.15) is 0 Å². The molecule has 0 aromatic heterocycles. The van der Waals surface area contributed by atoms with Gasteiger partial charge in [-0.25, -0.2) is 0 Å². The molecule has 0 amide bonds. The first kappa shape index (κ1) is 13.9. The molecule has 1 aromatic carbocycles. The van der Waals surface area contributed by atoms with Crippen LogP contribution in [0.15, 0.2) is 12.1 Å². The fourth-order valence-corrected chi connectivity index (χ4v) is 1.78. The summed E-state index contributed by atoms with van der Waals surface area (Å²) < 4.78 is 25.9. The van der Waals surface area contributed by atoms with Gasteiger partial charge in [0.25, 0.3) is 0 Å². The highest BCUT2D eigenvalue weighted by Gasteiger charge is 2.33. The lowest BCUT2D eigenvalue weighted by Gasteiger charge is -2.17. The van der Waals surface area contributed by atoms with Gasteiger partial charge >= 0.3 is 0 Å². The van der Waals surface area contributed by atoms with E-state index in [2.05, 4.69) is 0 Å². The summed E-state index contributed by atoms with van der Waals surface area (Å²) in [7, 11) is 4.58. The molecule has 0 bridgehead atoms. The first-order chi connectivity index (χ1) is 9.21. The van der Waals surface area contributed by atoms with E-state index in [0.717, 1.165) is 0 Å². The van der Waals surface area contributed by atoms with E-state index in [-0.39, 0.29) is 12.9 Å². The number of aliphatic hydroxyl groups excluding tert-OH is 1. The molecule has 2 rings (SSSR count). The highest BCUT2D eigenvalue weighted by molar-refractivity contribution is 5.54. The van der Waals surface area contributed by atoms with Crippen molar-refractivity contribution in [2.24, 2.45) is 0 Å². The largest absolute Gasteiger partial charge is 0.493 e. The van der Waals surface area contributed by atoms with Gasteiger partial charge in [-0.3, -0.25) is 0 Å². The Morgan fingerprint density at radius 3 is 2.26 bits per heavy atom. The molecule has 6 nitrogen and oxygen atoms in total. The summed E-state index contributed by atoms with van der Waals surface area (Å²) in [5.74, 6) is 1.40. The van der Waals surface area contributed by atoms with Crippen molar-refractivity contribution in [2.75, 3.05) is 34.7 Å². The quantitative estimate of drug-likeness (QED) is 0.591. The minimum Gasteiger partial charge on any atom is -0.493 e. The van der Waals surface area contributed by atoms with Crippen molar-refractivity contribution in [2.45, 2.75) is 12.2 Å². The smallest absolute Gasteiger partial charge is 0.206 e. The Labute approximate surface area is 111 Å². The van der Waals surface area contributed by atoms with Crippen molar-refractivity contribution in [3.63, 3.8) is 0 Å². The third-order valence-corrected chi connectivity index (χ3v) is 2.86. The molecular formula is C13H18O6. The molecule has 1 heterocycles. The van der Waals surface area contributed by atoms with Gasteiger partial charge < -0.3 is 28.8 Å². The second-order valence-corrected chi connectivity index (χ2v) is 4.12. The van der Waals surface area contributed by atoms with E-state index >= 15 is 0 Å². The SMILES string of the molecule is COCOc1c(OC)cc([C@@H](O)[C@H]2CO2)cc1OC. The molecule has 1 fully saturated rings. The van der Waals surface area contributed by atoms with E-state index in [0.29, 0.717) is 29.4 Å². The molecule has 1 aliphatic rings. The average molecular weight is 270 g/mol. The van der Waals surface area contributed by atoms with Crippen LogP contribution >= 0.6 is 0 Å². The third kappa shape index (κ3) is 3.09. The van der Waals surface area contributed by atoms with Crippen molar-refractivity contribution < 1.29 is 28.8 Å². The zero-order valence-electron chi connectivity index (χ0n) is 11.2. The Bertz CT molecular complexity index is 404. The monoisotopic (exact) mass is 270 g/mol. The molecule has 1 saturated heterocycles. The number of hydrogen-bond donors (Lipinski definition) is 1. The minimum atomic E-state index is -0.695. The molecule has 0 aliphatic carbocycles. The number of benzene rings is 1. The summed E-state index contributed by atoms with van der Waals surface area (Å²) in [6.07, 6.45) is -0.848. The van der Waals surface area contributed by atoms with Crippen LogP contribution in [0.25, 0.3) is 0 Å². The summed E-state index contributed by atoms with van der Waals surface area (Å²) >= 11 is 0. The molecule has 0 saturated carbocycles. The topological polar surface area (TPSA) is 69.7 Å². The molecular weight excluding hydrogens is 252 g/mol. The maximum absolute atomic E-state index is 10.1. The van der Waals surface area contributed by atoms with Gasteiger partial charge in [-0.15, -0.1) is 0 Å². The van der Waals surface area contributed by atoms with Crippen LogP contribution in [0.3, 0.4) is 0 Å². The van der Waals surface area contributed by atoms with E-state index in [1.165, 1.54) is 21.3 Å². The average Bonchev–Trinajstić information content (AvgIpc) is 3.27. The Morgan fingerprint density at radius 1 is 1.26 bits per heavy atom. The Balaban J connectivity index is 2.32. The maximum Gasteiger partial charge on any atom is 0.206 e. The van der Waals surface area contributed by atoms with Crippen molar-refractivity contribution in [3.8, 4) is 17.2 Å². The number of rotatable bonds is 7. The molecule has 2 atom stereocenters. The second-order valence-electron chi connectivity index (χ2n) is 4.12. The number of epoxide rings is 1. The van der Waals surface area contributed by atoms with E-state index < -0.39 is 6.10 Å². The first-order valence-electron chi connectivity index (χ1n) is 5.88. The van der Waals surface area contributed by atoms with Gasteiger partial charge in [0.1, 0.15) is 12.2 Å². The fourth-order valence-electron chi connectivity index (χ4n) is 1.78. The summed E-state index contributed by atoms with van der Waals surface area (Å²) in [6.45, 7) is 0.647. The highest BCUT2D eigenvalue weighted by atomic mass is 16.7. The molecule has 106 valence electrons. The number of aliphatic hydroxyl groups is 1. The van der Waals surface area contributed by atoms with Crippen LogP contribution in [0.5, 0.6) is 17.2 Å². The van der Waals surface area contributed by atoms with Crippen LogP contribution < -0.4 is 14.2 Å². The van der Waals surface area contributed by atoms with Crippen LogP contribution in [-0.2, 0) is 9.47 Å². The van der Waals surface area contributed by atoms with Crippen molar-refractivity contribution >= 4 is 0 Å². The molecule has 0 spiro atoms. The van der Waals surface area contributed by atoms with Gasteiger partial charge in [0.2, 0.25) is 5.75 Å². The van der Waals surface area contributed by atoms with Gasteiger partial charge in [-0.1, -0.05) is 0 Å². The van der Waals surface area contributed by atoms with E-state index in [9.17, 15) is 5.11 Å². The van der Waals surface area contributed by atoms with Gasteiger partial charge in [-0.05, 0) is 17.7 Å². The lowest BCUT2D eigenvalue weighted by Crippen LogP contribution is -2.08. The Kier molecular flexibility index (Phi) is 4.47. The molecule has 19 heavy (non-hydrogen) atoms. The van der Waals surface area contributed by atoms with Crippen molar-refractivity contribution in [3.05, 3.63) is 17.7 Å². The van der Waals surface area contributed by atoms with Crippen LogP contribution in [0, 0.1) is 0 Å². The van der Waals surface area contributed by atoms with E-state index in [1.54, 1.807) is 12.1 Å². The molecule has 0 unspecified atom stereocenters. The second kappa shape index (κ2) is 6.10. The lowest BCUT2D eigenvalue weighted by molar-refractivity contribution is 0.0469. The minimum absolute atomic E-state index is 0.0837. The molecule has 1 aliphatic heterocycles. The highest BCUT2D eigenvalue weighted by Crippen LogP contribution is 2.41. The van der Waals surface area contributed by atoms with E-state index in [1.807, 2.05) is 0 Å².